The highest BCUT2D eigenvalue weighted by molar-refractivity contribution is 7.12. The van der Waals surface area contributed by atoms with Crippen LogP contribution in [0.3, 0.4) is 0 Å². The number of thiophene rings is 2. The molecule has 0 radical (unpaired) electrons. The minimum atomic E-state index is 0.545. The van der Waals surface area contributed by atoms with Crippen molar-refractivity contribution in [2.75, 3.05) is 7.05 Å². The number of likely N-dealkylation sites (N-methyl/N-ethyl adjacent to an activating group) is 1. The minimum Gasteiger partial charge on any atom is -0.310 e. The van der Waals surface area contributed by atoms with E-state index >= 15 is 0 Å². The van der Waals surface area contributed by atoms with E-state index in [1.807, 2.05) is 22.7 Å². The van der Waals surface area contributed by atoms with Gasteiger partial charge in [0.05, 0.1) is 0 Å². The van der Waals surface area contributed by atoms with Gasteiger partial charge in [-0.15, -0.1) is 22.7 Å². The maximum Gasteiger partial charge on any atom is 0.0327 e. The average Bonchev–Trinajstić information content (AvgIpc) is 3.08. The zero-order valence-electron chi connectivity index (χ0n) is 13.4. The van der Waals surface area contributed by atoms with Gasteiger partial charge in [-0.2, -0.15) is 0 Å². The molecule has 116 valence electrons. The van der Waals surface area contributed by atoms with Crippen molar-refractivity contribution in [2.45, 2.75) is 52.4 Å². The number of hydrogen-bond donors (Lipinski definition) is 1. The molecular weight excluding hydrogens is 296 g/mol. The van der Waals surface area contributed by atoms with Gasteiger partial charge in [0.15, 0.2) is 0 Å². The lowest BCUT2D eigenvalue weighted by atomic mass is 10.2. The van der Waals surface area contributed by atoms with Crippen molar-refractivity contribution >= 4 is 22.7 Å². The fourth-order valence-electron chi connectivity index (χ4n) is 2.18. The molecule has 0 aliphatic heterocycles. The van der Waals surface area contributed by atoms with E-state index in [2.05, 4.69) is 67.7 Å². The van der Waals surface area contributed by atoms with Crippen molar-refractivity contribution in [1.29, 1.82) is 0 Å². The van der Waals surface area contributed by atoms with Gasteiger partial charge in [-0.1, -0.05) is 19.9 Å². The second-order valence-electron chi connectivity index (χ2n) is 5.95. The standard InChI is InChI=1S/C17H26N2S2/c1-13(2)18-11-16-7-8-17(21-16)12-19(4)14(3)10-15-6-5-9-20-15/h5-9,13-14,18H,10-12H2,1-4H3. The summed E-state index contributed by atoms with van der Waals surface area (Å²) in [7, 11) is 2.23. The molecule has 0 aliphatic carbocycles. The lowest BCUT2D eigenvalue weighted by Crippen LogP contribution is -2.29. The molecular formula is C17H26N2S2. The molecule has 0 spiro atoms. The second-order valence-corrected chi connectivity index (χ2v) is 8.24. The molecule has 0 aromatic carbocycles. The zero-order chi connectivity index (χ0) is 15.2. The van der Waals surface area contributed by atoms with Crippen LogP contribution in [0, 0.1) is 0 Å². The van der Waals surface area contributed by atoms with Crippen molar-refractivity contribution in [3.63, 3.8) is 0 Å². The van der Waals surface area contributed by atoms with Gasteiger partial charge in [0, 0.05) is 39.8 Å². The predicted molar refractivity (Wildman–Crippen MR) is 95.2 cm³/mol. The number of nitrogens with zero attached hydrogens (tertiary/aromatic N) is 1. The lowest BCUT2D eigenvalue weighted by Gasteiger charge is -2.23. The van der Waals surface area contributed by atoms with Gasteiger partial charge in [-0.3, -0.25) is 4.90 Å². The Morgan fingerprint density at radius 2 is 1.86 bits per heavy atom. The molecule has 2 heterocycles. The van der Waals surface area contributed by atoms with E-state index in [9.17, 15) is 0 Å². The molecule has 1 atom stereocenters. The van der Waals surface area contributed by atoms with Crippen LogP contribution in [0.15, 0.2) is 29.6 Å². The molecule has 21 heavy (non-hydrogen) atoms. The molecule has 0 bridgehead atoms. The maximum absolute atomic E-state index is 3.48. The Morgan fingerprint density at radius 3 is 2.52 bits per heavy atom. The van der Waals surface area contributed by atoms with Crippen LogP contribution in [0.4, 0.5) is 0 Å². The molecule has 0 saturated heterocycles. The Kier molecular flexibility index (Phi) is 6.42. The van der Waals surface area contributed by atoms with E-state index in [-0.39, 0.29) is 0 Å². The van der Waals surface area contributed by atoms with Crippen LogP contribution in [-0.4, -0.2) is 24.0 Å². The van der Waals surface area contributed by atoms with E-state index in [1.165, 1.54) is 14.6 Å². The zero-order valence-corrected chi connectivity index (χ0v) is 15.1. The van der Waals surface area contributed by atoms with Crippen LogP contribution in [0.25, 0.3) is 0 Å². The molecule has 2 aromatic heterocycles. The van der Waals surface area contributed by atoms with Gasteiger partial charge in [0.2, 0.25) is 0 Å². The maximum atomic E-state index is 3.48. The fraction of sp³-hybridized carbons (Fsp3) is 0.529. The van der Waals surface area contributed by atoms with Gasteiger partial charge in [-0.05, 0) is 44.0 Å². The quantitative estimate of drug-likeness (QED) is 0.776. The van der Waals surface area contributed by atoms with Crippen LogP contribution < -0.4 is 5.32 Å². The fourth-order valence-corrected chi connectivity index (χ4v) is 4.04. The predicted octanol–water partition coefficient (Wildman–Crippen LogP) is 4.37. The molecule has 0 amide bonds. The summed E-state index contributed by atoms with van der Waals surface area (Å²) in [5, 5.41) is 5.64. The van der Waals surface area contributed by atoms with Crippen molar-refractivity contribution in [2.24, 2.45) is 0 Å². The number of nitrogens with one attached hydrogen (secondary N) is 1. The van der Waals surface area contributed by atoms with E-state index in [0.29, 0.717) is 12.1 Å². The summed E-state index contributed by atoms with van der Waals surface area (Å²) in [5.74, 6) is 0. The molecule has 2 aromatic rings. The van der Waals surface area contributed by atoms with Crippen molar-refractivity contribution < 1.29 is 0 Å². The lowest BCUT2D eigenvalue weighted by molar-refractivity contribution is 0.251. The van der Waals surface area contributed by atoms with Crippen LogP contribution in [0.2, 0.25) is 0 Å². The van der Waals surface area contributed by atoms with E-state index in [1.54, 1.807) is 0 Å². The Balaban J connectivity index is 1.83. The molecule has 1 unspecified atom stereocenters. The Labute approximate surface area is 136 Å². The molecule has 0 aliphatic rings. The summed E-state index contributed by atoms with van der Waals surface area (Å²) in [5.41, 5.74) is 0. The van der Waals surface area contributed by atoms with Gasteiger partial charge in [0.1, 0.15) is 0 Å². The minimum absolute atomic E-state index is 0.545. The average molecular weight is 323 g/mol. The van der Waals surface area contributed by atoms with Crippen LogP contribution in [0.5, 0.6) is 0 Å². The van der Waals surface area contributed by atoms with E-state index in [4.69, 9.17) is 0 Å². The first-order valence-electron chi connectivity index (χ1n) is 7.58. The van der Waals surface area contributed by atoms with Gasteiger partial charge in [0.25, 0.3) is 0 Å². The van der Waals surface area contributed by atoms with Gasteiger partial charge >= 0.3 is 0 Å². The Bertz CT molecular complexity index is 517. The summed E-state index contributed by atoms with van der Waals surface area (Å²) < 4.78 is 0. The van der Waals surface area contributed by atoms with E-state index < -0.39 is 0 Å². The highest BCUT2D eigenvalue weighted by Crippen LogP contribution is 2.20. The van der Waals surface area contributed by atoms with Crippen molar-refractivity contribution in [1.82, 2.24) is 10.2 Å². The first-order chi connectivity index (χ1) is 10.0. The van der Waals surface area contributed by atoms with E-state index in [0.717, 1.165) is 19.5 Å². The molecule has 0 saturated carbocycles. The highest BCUT2D eigenvalue weighted by Gasteiger charge is 2.12. The molecule has 2 rings (SSSR count). The smallest absolute Gasteiger partial charge is 0.0327 e. The van der Waals surface area contributed by atoms with Crippen LogP contribution in [0.1, 0.15) is 35.4 Å². The highest BCUT2D eigenvalue weighted by atomic mass is 32.1. The molecule has 4 heteroatoms. The van der Waals surface area contributed by atoms with Crippen molar-refractivity contribution in [3.8, 4) is 0 Å². The molecule has 0 fully saturated rings. The summed E-state index contributed by atoms with van der Waals surface area (Å²) >= 11 is 3.78. The third-order valence-corrected chi connectivity index (χ3v) is 5.60. The second kappa shape index (κ2) is 8.08. The van der Waals surface area contributed by atoms with Gasteiger partial charge in [-0.25, -0.2) is 0 Å². The Morgan fingerprint density at radius 1 is 1.10 bits per heavy atom. The van der Waals surface area contributed by atoms with Gasteiger partial charge < -0.3 is 5.32 Å². The summed E-state index contributed by atoms with van der Waals surface area (Å²) in [6.45, 7) is 8.72. The topological polar surface area (TPSA) is 15.3 Å². The summed E-state index contributed by atoms with van der Waals surface area (Å²) in [4.78, 5) is 6.81. The monoisotopic (exact) mass is 322 g/mol. The summed E-state index contributed by atoms with van der Waals surface area (Å²) in [6.07, 6.45) is 1.14. The number of hydrogen-bond acceptors (Lipinski definition) is 4. The third kappa shape index (κ3) is 5.55. The van der Waals surface area contributed by atoms with Crippen LogP contribution in [-0.2, 0) is 19.5 Å². The molecule has 2 nitrogen and oxygen atoms in total. The summed E-state index contributed by atoms with van der Waals surface area (Å²) in [6, 6.07) is 10.0. The first kappa shape index (κ1) is 16.7. The largest absolute Gasteiger partial charge is 0.310 e. The third-order valence-electron chi connectivity index (χ3n) is 3.64. The first-order valence-corrected chi connectivity index (χ1v) is 9.28. The molecule has 1 N–H and O–H groups in total. The SMILES string of the molecule is CC(C)NCc1ccc(CN(C)C(C)Cc2cccs2)s1. The Hall–Kier alpha value is -0.680. The number of rotatable bonds is 8. The van der Waals surface area contributed by atoms with Crippen molar-refractivity contribution in [3.05, 3.63) is 44.3 Å². The normalized spacial score (nSPS) is 13.2. The van der Waals surface area contributed by atoms with Crippen LogP contribution >= 0.6 is 22.7 Å².